The number of hydrogen-bond donors (Lipinski definition) is 2. The van der Waals surface area contributed by atoms with E-state index in [9.17, 15) is 9.59 Å². The zero-order chi connectivity index (χ0) is 22.3. The molecule has 1 atom stereocenters. The van der Waals surface area contributed by atoms with Crippen molar-refractivity contribution in [3.8, 4) is 0 Å². The molecule has 0 saturated carbocycles. The van der Waals surface area contributed by atoms with Gasteiger partial charge < -0.3 is 19.8 Å². The quantitative estimate of drug-likeness (QED) is 0.630. The highest BCUT2D eigenvalue weighted by molar-refractivity contribution is 6.22. The van der Waals surface area contributed by atoms with Gasteiger partial charge in [-0.1, -0.05) is 24.3 Å². The van der Waals surface area contributed by atoms with Gasteiger partial charge in [-0.05, 0) is 51.8 Å². The summed E-state index contributed by atoms with van der Waals surface area (Å²) < 4.78 is 1.96. The van der Waals surface area contributed by atoms with E-state index in [1.54, 1.807) is 4.90 Å². The number of aromatic nitrogens is 2. The van der Waals surface area contributed by atoms with Gasteiger partial charge >= 0.3 is 0 Å². The Hall–Kier alpha value is -3.28. The van der Waals surface area contributed by atoms with Gasteiger partial charge in [-0.15, -0.1) is 0 Å². The number of nitrogens with zero attached hydrogens (tertiary/aromatic N) is 2. The second-order valence-electron chi connectivity index (χ2n) is 9.18. The van der Waals surface area contributed by atoms with E-state index in [0.717, 1.165) is 27.7 Å². The number of H-pyrrole nitrogens is 1. The molecule has 3 heterocycles. The molecule has 2 N–H and O–H groups in total. The fourth-order valence-corrected chi connectivity index (χ4v) is 4.44. The lowest BCUT2D eigenvalue weighted by Gasteiger charge is -2.38. The second kappa shape index (κ2) is 7.76. The third-order valence-electron chi connectivity index (χ3n) is 5.81. The summed E-state index contributed by atoms with van der Waals surface area (Å²) >= 11 is 0. The molecular formula is C25H30N4O2. The number of benzene rings is 1. The van der Waals surface area contributed by atoms with Gasteiger partial charge in [-0.3, -0.25) is 9.59 Å². The molecule has 0 spiro atoms. The number of rotatable bonds is 4. The molecule has 3 aromatic rings. The van der Waals surface area contributed by atoms with Crippen LogP contribution in [0.4, 0.5) is 0 Å². The summed E-state index contributed by atoms with van der Waals surface area (Å²) in [5.41, 5.74) is 4.16. The van der Waals surface area contributed by atoms with Crippen molar-refractivity contribution in [2.75, 3.05) is 6.54 Å². The molecule has 0 aliphatic carbocycles. The lowest BCUT2D eigenvalue weighted by Crippen LogP contribution is -2.52. The highest BCUT2D eigenvalue weighted by atomic mass is 16.2. The Morgan fingerprint density at radius 1 is 1.23 bits per heavy atom. The molecule has 0 fully saturated rings. The van der Waals surface area contributed by atoms with Crippen molar-refractivity contribution in [1.82, 2.24) is 19.8 Å². The zero-order valence-electron chi connectivity index (χ0n) is 18.8. The predicted molar refractivity (Wildman–Crippen MR) is 123 cm³/mol. The first-order valence-electron chi connectivity index (χ1n) is 10.7. The molecule has 6 nitrogen and oxygen atoms in total. The maximum atomic E-state index is 13.5. The van der Waals surface area contributed by atoms with E-state index >= 15 is 0 Å². The summed E-state index contributed by atoms with van der Waals surface area (Å²) in [4.78, 5) is 31.9. The minimum Gasteiger partial charge on any atom is -0.361 e. The van der Waals surface area contributed by atoms with Crippen LogP contribution in [0.15, 0.2) is 48.8 Å². The average Bonchev–Trinajstić information content (AvgIpc) is 3.29. The topological polar surface area (TPSA) is 70.1 Å². The number of amides is 2. The van der Waals surface area contributed by atoms with Gasteiger partial charge in [0.2, 0.25) is 5.91 Å². The Kier molecular flexibility index (Phi) is 5.25. The van der Waals surface area contributed by atoms with E-state index in [1.165, 1.54) is 0 Å². The van der Waals surface area contributed by atoms with Gasteiger partial charge in [-0.25, -0.2) is 0 Å². The lowest BCUT2D eigenvalue weighted by atomic mass is 9.92. The molecule has 31 heavy (non-hydrogen) atoms. The van der Waals surface area contributed by atoms with Crippen molar-refractivity contribution in [1.29, 1.82) is 0 Å². The second-order valence-corrected chi connectivity index (χ2v) is 9.18. The van der Waals surface area contributed by atoms with E-state index in [0.29, 0.717) is 18.5 Å². The predicted octanol–water partition coefficient (Wildman–Crippen LogP) is 3.95. The largest absolute Gasteiger partial charge is 0.361 e. The number of para-hydroxylation sites is 1. The van der Waals surface area contributed by atoms with Crippen LogP contribution < -0.4 is 5.32 Å². The zero-order valence-corrected chi connectivity index (χ0v) is 18.8. The van der Waals surface area contributed by atoms with Gasteiger partial charge in [-0.2, -0.15) is 0 Å². The van der Waals surface area contributed by atoms with Crippen LogP contribution in [-0.4, -0.2) is 38.3 Å². The Morgan fingerprint density at radius 2 is 1.97 bits per heavy atom. The minimum absolute atomic E-state index is 0.102. The summed E-state index contributed by atoms with van der Waals surface area (Å²) in [7, 11) is 1.93. The van der Waals surface area contributed by atoms with Crippen LogP contribution in [0.3, 0.4) is 0 Å². The standard InChI is InChI=1S/C25H30N4O2/c1-6-17-19-12-13-28(5)21(19)22(23(30)27-25(2,3)4)29(24(17)31)14-11-16-15-26-20-10-8-7-9-18(16)20/h6-10,12-13,15,22,26H,11,14H2,1-5H3,(H,27,30)/b17-6+. The van der Waals surface area contributed by atoms with Crippen LogP contribution in [0.2, 0.25) is 0 Å². The summed E-state index contributed by atoms with van der Waals surface area (Å²) in [6.07, 6.45) is 6.42. The van der Waals surface area contributed by atoms with Crippen LogP contribution in [0, 0.1) is 0 Å². The number of aryl methyl sites for hydroxylation is 1. The smallest absolute Gasteiger partial charge is 0.255 e. The summed E-state index contributed by atoms with van der Waals surface area (Å²) in [6, 6.07) is 9.39. The fourth-order valence-electron chi connectivity index (χ4n) is 4.44. The van der Waals surface area contributed by atoms with Gasteiger partial charge in [0.05, 0.1) is 5.69 Å². The highest BCUT2D eigenvalue weighted by Gasteiger charge is 2.42. The number of allylic oxidation sites excluding steroid dienone is 1. The Bertz CT molecular complexity index is 1180. The first kappa shape index (κ1) is 21.0. The Balaban J connectivity index is 1.73. The highest BCUT2D eigenvalue weighted by Crippen LogP contribution is 2.37. The summed E-state index contributed by atoms with van der Waals surface area (Å²) in [5.74, 6) is -0.256. The van der Waals surface area contributed by atoms with E-state index < -0.39 is 11.6 Å². The molecule has 2 aromatic heterocycles. The molecule has 4 rings (SSSR count). The van der Waals surface area contributed by atoms with Crippen molar-refractivity contribution in [2.45, 2.75) is 45.7 Å². The molecule has 0 radical (unpaired) electrons. The number of hydrogen-bond acceptors (Lipinski definition) is 2. The van der Waals surface area contributed by atoms with E-state index in [-0.39, 0.29) is 11.8 Å². The molecule has 6 heteroatoms. The van der Waals surface area contributed by atoms with Crippen molar-refractivity contribution < 1.29 is 9.59 Å². The SMILES string of the molecule is C/C=C1/C(=O)N(CCc2c[nH]c3ccccc23)C(C(=O)NC(C)(C)C)c2c1ccn2C. The van der Waals surface area contributed by atoms with E-state index in [4.69, 9.17) is 0 Å². The third-order valence-corrected chi connectivity index (χ3v) is 5.81. The number of carbonyl (C=O) groups is 2. The molecule has 1 unspecified atom stereocenters. The van der Waals surface area contributed by atoms with Crippen molar-refractivity contribution in [3.05, 3.63) is 65.6 Å². The average molecular weight is 419 g/mol. The Labute approximate surface area is 182 Å². The molecule has 0 bridgehead atoms. The maximum absolute atomic E-state index is 13.5. The minimum atomic E-state index is -0.671. The fraction of sp³-hybridized carbons (Fsp3) is 0.360. The first-order chi connectivity index (χ1) is 14.7. The van der Waals surface area contributed by atoms with Crippen LogP contribution in [0.5, 0.6) is 0 Å². The van der Waals surface area contributed by atoms with E-state index in [2.05, 4.69) is 16.4 Å². The number of aromatic amines is 1. The van der Waals surface area contributed by atoms with Crippen molar-refractivity contribution in [3.63, 3.8) is 0 Å². The third kappa shape index (κ3) is 3.78. The molecule has 1 aliphatic heterocycles. The molecular weight excluding hydrogens is 388 g/mol. The summed E-state index contributed by atoms with van der Waals surface area (Å²) in [5, 5.41) is 4.23. The van der Waals surface area contributed by atoms with Crippen LogP contribution in [0.25, 0.3) is 16.5 Å². The number of fused-ring (bicyclic) bond motifs is 2. The number of carbonyl (C=O) groups excluding carboxylic acids is 2. The van der Waals surface area contributed by atoms with Gasteiger partial charge in [0, 0.05) is 53.6 Å². The van der Waals surface area contributed by atoms with Crippen LogP contribution in [0.1, 0.15) is 50.6 Å². The first-order valence-corrected chi connectivity index (χ1v) is 10.7. The molecule has 1 aromatic carbocycles. The molecule has 2 amide bonds. The molecule has 162 valence electrons. The normalized spacial score (nSPS) is 18.0. The molecule has 0 saturated heterocycles. The van der Waals surface area contributed by atoms with Crippen LogP contribution >= 0.6 is 0 Å². The van der Waals surface area contributed by atoms with Crippen LogP contribution in [-0.2, 0) is 23.1 Å². The Morgan fingerprint density at radius 3 is 2.68 bits per heavy atom. The maximum Gasteiger partial charge on any atom is 0.255 e. The van der Waals surface area contributed by atoms with Crippen molar-refractivity contribution in [2.24, 2.45) is 7.05 Å². The monoisotopic (exact) mass is 418 g/mol. The van der Waals surface area contributed by atoms with E-state index in [1.807, 2.05) is 82.0 Å². The molecule has 1 aliphatic rings. The van der Waals surface area contributed by atoms with Gasteiger partial charge in [0.25, 0.3) is 5.91 Å². The van der Waals surface area contributed by atoms with Crippen molar-refractivity contribution >= 4 is 28.3 Å². The van der Waals surface area contributed by atoms with Gasteiger partial charge in [0.1, 0.15) is 0 Å². The number of nitrogens with one attached hydrogen (secondary N) is 2. The summed E-state index contributed by atoms with van der Waals surface area (Å²) in [6.45, 7) is 8.18. The van der Waals surface area contributed by atoms with Gasteiger partial charge in [0.15, 0.2) is 6.04 Å². The lowest BCUT2D eigenvalue weighted by molar-refractivity contribution is -0.138.